The molecule has 0 fully saturated rings. The second kappa shape index (κ2) is 7.33. The summed E-state index contributed by atoms with van der Waals surface area (Å²) < 4.78 is 5.84. The van der Waals surface area contributed by atoms with Crippen molar-refractivity contribution in [2.45, 2.75) is 46.5 Å². The summed E-state index contributed by atoms with van der Waals surface area (Å²) in [7, 11) is 0. The van der Waals surface area contributed by atoms with Crippen LogP contribution in [0.3, 0.4) is 0 Å². The summed E-state index contributed by atoms with van der Waals surface area (Å²) in [6, 6.07) is 4.32. The molecule has 2 nitrogen and oxygen atoms in total. The van der Waals surface area contributed by atoms with E-state index in [2.05, 4.69) is 32.9 Å². The standard InChI is InChI=1S/C15H24O2/c1-12-10-13(2)15(14(3)11-12)17-9-7-5-4-6-8-16/h10-11,16H,4-9H2,1-3H3. The minimum Gasteiger partial charge on any atom is -0.493 e. The summed E-state index contributed by atoms with van der Waals surface area (Å²) >= 11 is 0. The molecule has 1 N–H and O–H groups in total. The zero-order valence-electron chi connectivity index (χ0n) is 11.3. The van der Waals surface area contributed by atoms with Crippen molar-refractivity contribution in [1.82, 2.24) is 0 Å². The maximum Gasteiger partial charge on any atom is 0.125 e. The molecule has 0 aromatic heterocycles. The lowest BCUT2D eigenvalue weighted by Crippen LogP contribution is -2.01. The Kier molecular flexibility index (Phi) is 6.06. The van der Waals surface area contributed by atoms with E-state index in [0.717, 1.165) is 38.0 Å². The van der Waals surface area contributed by atoms with Gasteiger partial charge < -0.3 is 9.84 Å². The minimum absolute atomic E-state index is 0.303. The van der Waals surface area contributed by atoms with Gasteiger partial charge in [0.15, 0.2) is 0 Å². The molecule has 0 saturated heterocycles. The van der Waals surface area contributed by atoms with Gasteiger partial charge in [0.2, 0.25) is 0 Å². The van der Waals surface area contributed by atoms with Crippen LogP contribution in [-0.2, 0) is 0 Å². The maximum atomic E-state index is 8.67. The highest BCUT2D eigenvalue weighted by atomic mass is 16.5. The maximum absolute atomic E-state index is 8.67. The molecule has 0 spiro atoms. The van der Waals surface area contributed by atoms with Crippen LogP contribution in [0, 0.1) is 20.8 Å². The predicted molar refractivity (Wildman–Crippen MR) is 71.7 cm³/mol. The summed E-state index contributed by atoms with van der Waals surface area (Å²) in [5, 5.41) is 8.67. The van der Waals surface area contributed by atoms with Gasteiger partial charge in [-0.3, -0.25) is 0 Å². The monoisotopic (exact) mass is 236 g/mol. The number of ether oxygens (including phenoxy) is 1. The lowest BCUT2D eigenvalue weighted by atomic mass is 10.1. The van der Waals surface area contributed by atoms with Gasteiger partial charge in [0.25, 0.3) is 0 Å². The Balaban J connectivity index is 2.36. The molecule has 1 rings (SSSR count). The minimum atomic E-state index is 0.303. The smallest absolute Gasteiger partial charge is 0.125 e. The zero-order valence-corrected chi connectivity index (χ0v) is 11.3. The Hall–Kier alpha value is -1.02. The average molecular weight is 236 g/mol. The van der Waals surface area contributed by atoms with Gasteiger partial charge in [-0.1, -0.05) is 24.1 Å². The first-order chi connectivity index (χ1) is 8.15. The highest BCUT2D eigenvalue weighted by Crippen LogP contribution is 2.24. The van der Waals surface area contributed by atoms with Crippen LogP contribution in [0.15, 0.2) is 12.1 Å². The lowest BCUT2D eigenvalue weighted by molar-refractivity contribution is 0.272. The number of aryl methyl sites for hydroxylation is 3. The lowest BCUT2D eigenvalue weighted by Gasteiger charge is -2.13. The number of rotatable bonds is 7. The third-order valence-electron chi connectivity index (χ3n) is 2.90. The molecule has 0 bridgehead atoms. The molecule has 0 radical (unpaired) electrons. The first-order valence-electron chi connectivity index (χ1n) is 6.46. The fourth-order valence-electron chi connectivity index (χ4n) is 2.14. The average Bonchev–Trinajstić information content (AvgIpc) is 2.26. The van der Waals surface area contributed by atoms with E-state index in [9.17, 15) is 0 Å². The Morgan fingerprint density at radius 2 is 1.53 bits per heavy atom. The van der Waals surface area contributed by atoms with E-state index in [1.807, 2.05) is 0 Å². The molecular weight excluding hydrogens is 212 g/mol. The normalized spacial score (nSPS) is 10.6. The van der Waals surface area contributed by atoms with Gasteiger partial charge in [-0.2, -0.15) is 0 Å². The third kappa shape index (κ3) is 4.78. The van der Waals surface area contributed by atoms with E-state index >= 15 is 0 Å². The van der Waals surface area contributed by atoms with Crippen molar-refractivity contribution < 1.29 is 9.84 Å². The summed E-state index contributed by atoms with van der Waals surface area (Å²) in [5.74, 6) is 1.04. The fraction of sp³-hybridized carbons (Fsp3) is 0.600. The molecule has 0 unspecified atom stereocenters. The SMILES string of the molecule is Cc1cc(C)c(OCCCCCCO)c(C)c1. The Morgan fingerprint density at radius 3 is 2.12 bits per heavy atom. The molecule has 0 atom stereocenters. The molecule has 0 aliphatic rings. The van der Waals surface area contributed by atoms with Crippen LogP contribution in [0.1, 0.15) is 42.4 Å². The second-order valence-electron chi connectivity index (χ2n) is 4.71. The van der Waals surface area contributed by atoms with E-state index in [1.165, 1.54) is 16.7 Å². The molecule has 17 heavy (non-hydrogen) atoms. The van der Waals surface area contributed by atoms with Gasteiger partial charge in [0.1, 0.15) is 5.75 Å². The summed E-state index contributed by atoms with van der Waals surface area (Å²) in [6.45, 7) is 7.38. The van der Waals surface area contributed by atoms with E-state index < -0.39 is 0 Å². The van der Waals surface area contributed by atoms with Crippen LogP contribution in [0.2, 0.25) is 0 Å². The van der Waals surface area contributed by atoms with Gasteiger partial charge in [-0.15, -0.1) is 0 Å². The molecule has 1 aromatic rings. The molecule has 0 aliphatic carbocycles. The molecule has 0 heterocycles. The van der Waals surface area contributed by atoms with Crippen LogP contribution in [0.5, 0.6) is 5.75 Å². The number of hydrogen-bond acceptors (Lipinski definition) is 2. The Labute approximate surface area is 105 Å². The molecule has 96 valence electrons. The van der Waals surface area contributed by atoms with Gasteiger partial charge in [-0.05, 0) is 51.2 Å². The molecule has 1 aromatic carbocycles. The summed E-state index contributed by atoms with van der Waals surface area (Å²) in [5.41, 5.74) is 3.73. The Morgan fingerprint density at radius 1 is 0.941 bits per heavy atom. The van der Waals surface area contributed by atoms with Crippen molar-refractivity contribution in [1.29, 1.82) is 0 Å². The van der Waals surface area contributed by atoms with Crippen LogP contribution in [0.25, 0.3) is 0 Å². The van der Waals surface area contributed by atoms with Crippen molar-refractivity contribution in [3.05, 3.63) is 28.8 Å². The van der Waals surface area contributed by atoms with Gasteiger partial charge in [-0.25, -0.2) is 0 Å². The third-order valence-corrected chi connectivity index (χ3v) is 2.90. The largest absolute Gasteiger partial charge is 0.493 e. The summed E-state index contributed by atoms with van der Waals surface area (Å²) in [6.07, 6.45) is 4.19. The van der Waals surface area contributed by atoms with Crippen LogP contribution in [0.4, 0.5) is 0 Å². The van der Waals surface area contributed by atoms with Crippen molar-refractivity contribution >= 4 is 0 Å². The highest BCUT2D eigenvalue weighted by molar-refractivity contribution is 5.42. The van der Waals surface area contributed by atoms with E-state index in [1.54, 1.807) is 0 Å². The van der Waals surface area contributed by atoms with E-state index in [-0.39, 0.29) is 0 Å². The number of unbranched alkanes of at least 4 members (excludes halogenated alkanes) is 3. The molecule has 2 heteroatoms. The van der Waals surface area contributed by atoms with Crippen LogP contribution >= 0.6 is 0 Å². The number of aliphatic hydroxyl groups excluding tert-OH is 1. The topological polar surface area (TPSA) is 29.5 Å². The Bertz CT molecular complexity index is 322. The first-order valence-corrected chi connectivity index (χ1v) is 6.46. The first kappa shape index (κ1) is 14.0. The number of hydrogen-bond donors (Lipinski definition) is 1. The second-order valence-corrected chi connectivity index (χ2v) is 4.71. The molecule has 0 amide bonds. The van der Waals surface area contributed by atoms with E-state index in [0.29, 0.717) is 6.61 Å². The van der Waals surface area contributed by atoms with Gasteiger partial charge >= 0.3 is 0 Å². The van der Waals surface area contributed by atoms with E-state index in [4.69, 9.17) is 9.84 Å². The fourth-order valence-corrected chi connectivity index (χ4v) is 2.14. The predicted octanol–water partition coefficient (Wildman–Crippen LogP) is 3.54. The van der Waals surface area contributed by atoms with Gasteiger partial charge in [0, 0.05) is 6.61 Å². The van der Waals surface area contributed by atoms with Crippen molar-refractivity contribution in [2.75, 3.05) is 13.2 Å². The highest BCUT2D eigenvalue weighted by Gasteiger charge is 2.04. The van der Waals surface area contributed by atoms with Crippen molar-refractivity contribution in [3.63, 3.8) is 0 Å². The molecule has 0 aliphatic heterocycles. The van der Waals surface area contributed by atoms with Crippen LogP contribution < -0.4 is 4.74 Å². The number of benzene rings is 1. The quantitative estimate of drug-likeness (QED) is 0.734. The molecular formula is C15H24O2. The number of aliphatic hydroxyl groups is 1. The van der Waals surface area contributed by atoms with Crippen molar-refractivity contribution in [2.24, 2.45) is 0 Å². The molecule has 0 saturated carbocycles. The van der Waals surface area contributed by atoms with Crippen LogP contribution in [-0.4, -0.2) is 18.3 Å². The van der Waals surface area contributed by atoms with Crippen molar-refractivity contribution in [3.8, 4) is 5.75 Å². The summed E-state index contributed by atoms with van der Waals surface area (Å²) in [4.78, 5) is 0. The zero-order chi connectivity index (χ0) is 12.7. The van der Waals surface area contributed by atoms with Gasteiger partial charge in [0.05, 0.1) is 6.61 Å².